The van der Waals surface area contributed by atoms with Gasteiger partial charge in [0.1, 0.15) is 0 Å². The number of aromatic nitrogens is 4. The molecule has 3 aromatic carbocycles. The first kappa shape index (κ1) is 19.7. The summed E-state index contributed by atoms with van der Waals surface area (Å²) in [6, 6.07) is 30.2. The van der Waals surface area contributed by atoms with Crippen molar-refractivity contribution >= 4 is 18.1 Å². The summed E-state index contributed by atoms with van der Waals surface area (Å²) >= 11 is 5.26. The average Bonchev–Trinajstić information content (AvgIpc) is 3.26. The number of rotatable bonds is 4. The molecule has 0 aliphatic carbocycles. The van der Waals surface area contributed by atoms with Crippen LogP contribution in [0, 0.1) is 4.84 Å². The first-order valence-corrected chi connectivity index (χ1v) is 10.3. The van der Waals surface area contributed by atoms with E-state index in [4.69, 9.17) is 16.6 Å². The van der Waals surface area contributed by atoms with Crippen LogP contribution >= 0.6 is 12.2 Å². The molecule has 7 heteroatoms. The lowest BCUT2D eigenvalue weighted by Crippen LogP contribution is -2.13. The van der Waals surface area contributed by atoms with E-state index in [1.807, 2.05) is 72.8 Å². The fourth-order valence-electron chi connectivity index (χ4n) is 3.26. The van der Waals surface area contributed by atoms with Gasteiger partial charge in [0, 0.05) is 16.7 Å². The minimum absolute atomic E-state index is 0.0659. The summed E-state index contributed by atoms with van der Waals surface area (Å²) in [5, 5.41) is 4.30. The Morgan fingerprint density at radius 2 is 1.25 bits per heavy atom. The van der Waals surface area contributed by atoms with E-state index in [0.29, 0.717) is 17.0 Å². The second-order valence-corrected chi connectivity index (χ2v) is 7.30. The molecule has 0 saturated carbocycles. The molecule has 0 N–H and O–H groups in total. The van der Waals surface area contributed by atoms with Gasteiger partial charge in [-0.1, -0.05) is 78.9 Å². The number of carbonyl (C=O) groups excluding carboxylic acids is 1. The van der Waals surface area contributed by atoms with E-state index in [1.54, 1.807) is 24.3 Å². The Labute approximate surface area is 188 Å². The van der Waals surface area contributed by atoms with Crippen molar-refractivity contribution < 1.29 is 9.21 Å². The molecule has 0 amide bonds. The summed E-state index contributed by atoms with van der Waals surface area (Å²) in [5.41, 5.74) is 3.71. The maximum Gasteiger partial charge on any atom is 0.295 e. The zero-order valence-corrected chi connectivity index (χ0v) is 17.6. The fourth-order valence-corrected chi connectivity index (χ4v) is 3.46. The SMILES string of the molecule is O=C(c1ccccc1)n1nc(-c2nc(-c3ccccc3)cc(-c3ccccc3)n2)oc1=S. The van der Waals surface area contributed by atoms with Crippen LogP contribution in [-0.4, -0.2) is 25.7 Å². The number of hydrogen-bond donors (Lipinski definition) is 0. The van der Waals surface area contributed by atoms with E-state index in [2.05, 4.69) is 15.1 Å². The van der Waals surface area contributed by atoms with Crippen LogP contribution in [0.2, 0.25) is 0 Å². The van der Waals surface area contributed by atoms with Crippen molar-refractivity contribution in [1.29, 1.82) is 0 Å². The summed E-state index contributed by atoms with van der Waals surface area (Å²) in [6.45, 7) is 0. The molecule has 5 rings (SSSR count). The van der Waals surface area contributed by atoms with E-state index in [-0.39, 0.29) is 22.5 Å². The number of carbonyl (C=O) groups is 1. The molecular weight excluding hydrogens is 420 g/mol. The van der Waals surface area contributed by atoms with Crippen LogP contribution in [0.4, 0.5) is 0 Å². The van der Waals surface area contributed by atoms with Crippen molar-refractivity contribution in [3.8, 4) is 34.2 Å². The van der Waals surface area contributed by atoms with E-state index in [0.717, 1.165) is 15.8 Å². The van der Waals surface area contributed by atoms with E-state index in [1.165, 1.54) is 0 Å². The summed E-state index contributed by atoms with van der Waals surface area (Å²) in [6.07, 6.45) is 0. The number of hydrogen-bond acceptors (Lipinski definition) is 6. The Morgan fingerprint density at radius 3 is 1.78 bits per heavy atom. The molecular formula is C25H16N4O2S. The summed E-state index contributed by atoms with van der Waals surface area (Å²) < 4.78 is 6.70. The van der Waals surface area contributed by atoms with Crippen LogP contribution in [0.15, 0.2) is 101 Å². The van der Waals surface area contributed by atoms with Crippen LogP contribution in [0.1, 0.15) is 10.4 Å². The molecule has 0 unspecified atom stereocenters. The first-order chi connectivity index (χ1) is 15.7. The topological polar surface area (TPSA) is 73.8 Å². The van der Waals surface area contributed by atoms with Gasteiger partial charge in [-0.25, -0.2) is 9.97 Å². The average molecular weight is 436 g/mol. The smallest absolute Gasteiger partial charge is 0.295 e. The predicted molar refractivity (Wildman–Crippen MR) is 123 cm³/mol. The Kier molecular flexibility index (Phi) is 5.23. The summed E-state index contributed by atoms with van der Waals surface area (Å²) in [7, 11) is 0. The Bertz CT molecular complexity index is 1390. The molecule has 0 bridgehead atoms. The highest BCUT2D eigenvalue weighted by Gasteiger charge is 2.19. The van der Waals surface area contributed by atoms with Crippen LogP contribution < -0.4 is 0 Å². The summed E-state index contributed by atoms with van der Waals surface area (Å²) in [5.74, 6) is -0.0572. The van der Waals surface area contributed by atoms with E-state index in [9.17, 15) is 4.79 Å². The monoisotopic (exact) mass is 436 g/mol. The fraction of sp³-hybridized carbons (Fsp3) is 0. The molecule has 2 aromatic heterocycles. The minimum Gasteiger partial charge on any atom is -0.406 e. The highest BCUT2D eigenvalue weighted by atomic mass is 32.1. The molecule has 154 valence electrons. The zero-order chi connectivity index (χ0) is 21.9. The van der Waals surface area contributed by atoms with Gasteiger partial charge in [-0.2, -0.15) is 0 Å². The summed E-state index contributed by atoms with van der Waals surface area (Å²) in [4.78, 5) is 22.1. The molecule has 0 aliphatic heterocycles. The minimum atomic E-state index is -0.381. The third-order valence-electron chi connectivity index (χ3n) is 4.82. The quantitative estimate of drug-likeness (QED) is 0.337. The van der Waals surface area contributed by atoms with Crippen LogP contribution in [0.25, 0.3) is 34.2 Å². The van der Waals surface area contributed by atoms with Crippen LogP contribution in [0.3, 0.4) is 0 Å². The van der Waals surface area contributed by atoms with Gasteiger partial charge in [0.2, 0.25) is 5.82 Å². The highest BCUT2D eigenvalue weighted by molar-refractivity contribution is 7.71. The van der Waals surface area contributed by atoms with E-state index >= 15 is 0 Å². The van der Waals surface area contributed by atoms with Crippen molar-refractivity contribution in [1.82, 2.24) is 19.7 Å². The van der Waals surface area contributed by atoms with Crippen molar-refractivity contribution in [3.63, 3.8) is 0 Å². The molecule has 0 radical (unpaired) electrons. The second-order valence-electron chi connectivity index (χ2n) is 6.95. The van der Waals surface area contributed by atoms with Gasteiger partial charge < -0.3 is 4.42 Å². The molecule has 0 saturated heterocycles. The molecule has 2 heterocycles. The van der Waals surface area contributed by atoms with Crippen LogP contribution in [0.5, 0.6) is 0 Å². The largest absolute Gasteiger partial charge is 0.406 e. The standard InChI is InChI=1S/C25H16N4O2S/c30-24(19-14-8-3-9-15-19)29-25(32)31-23(28-29)22-26-20(17-10-4-1-5-11-17)16-21(27-22)18-12-6-2-7-13-18/h1-16H. The lowest BCUT2D eigenvalue weighted by Gasteiger charge is -2.07. The lowest BCUT2D eigenvalue weighted by atomic mass is 10.1. The van der Waals surface area contributed by atoms with Gasteiger partial charge in [-0.15, -0.1) is 9.78 Å². The van der Waals surface area contributed by atoms with Crippen LogP contribution in [-0.2, 0) is 0 Å². The van der Waals surface area contributed by atoms with Gasteiger partial charge in [0.05, 0.1) is 11.4 Å². The molecule has 0 spiro atoms. The van der Waals surface area contributed by atoms with E-state index < -0.39 is 0 Å². The van der Waals surface area contributed by atoms with Crippen molar-refractivity contribution in [2.45, 2.75) is 0 Å². The Balaban J connectivity index is 1.64. The first-order valence-electron chi connectivity index (χ1n) is 9.89. The third kappa shape index (κ3) is 3.89. The molecule has 32 heavy (non-hydrogen) atoms. The lowest BCUT2D eigenvalue weighted by molar-refractivity contribution is 0.0940. The van der Waals surface area contributed by atoms with Crippen molar-refractivity contribution in [2.24, 2.45) is 0 Å². The third-order valence-corrected chi connectivity index (χ3v) is 5.07. The van der Waals surface area contributed by atoms with Gasteiger partial charge in [-0.05, 0) is 30.4 Å². The second kappa shape index (κ2) is 8.49. The predicted octanol–water partition coefficient (Wildman–Crippen LogP) is 5.69. The highest BCUT2D eigenvalue weighted by Crippen LogP contribution is 2.27. The van der Waals surface area contributed by atoms with Gasteiger partial charge in [-0.3, -0.25) is 4.79 Å². The number of nitrogens with zero attached hydrogens (tertiary/aromatic N) is 4. The van der Waals surface area contributed by atoms with Crippen molar-refractivity contribution in [3.05, 3.63) is 107 Å². The molecule has 0 fully saturated rings. The van der Waals surface area contributed by atoms with Gasteiger partial charge in [0.15, 0.2) is 0 Å². The van der Waals surface area contributed by atoms with Gasteiger partial charge in [0.25, 0.3) is 16.6 Å². The maximum absolute atomic E-state index is 12.8. The zero-order valence-electron chi connectivity index (χ0n) is 16.8. The normalized spacial score (nSPS) is 10.8. The Morgan fingerprint density at radius 1 is 0.750 bits per heavy atom. The Hall–Kier alpha value is -4.23. The molecule has 5 aromatic rings. The maximum atomic E-state index is 12.8. The molecule has 0 aliphatic rings. The molecule has 6 nitrogen and oxygen atoms in total. The van der Waals surface area contributed by atoms with Crippen molar-refractivity contribution in [2.75, 3.05) is 0 Å². The van der Waals surface area contributed by atoms with Gasteiger partial charge >= 0.3 is 0 Å². The number of benzene rings is 3. The molecule has 0 atom stereocenters.